The number of carbonyl (C=O) groups is 1. The van der Waals surface area contributed by atoms with E-state index in [1.165, 1.54) is 5.39 Å². The Morgan fingerprint density at radius 2 is 1.70 bits per heavy atom. The van der Waals surface area contributed by atoms with Crippen molar-refractivity contribution in [2.24, 2.45) is 0 Å². The van der Waals surface area contributed by atoms with E-state index >= 15 is 0 Å². The van der Waals surface area contributed by atoms with Gasteiger partial charge in [0.25, 0.3) is 0 Å². The maximum Gasteiger partial charge on any atom is 0.185 e. The summed E-state index contributed by atoms with van der Waals surface area (Å²) in [6, 6.07) is 21.5. The molecule has 0 bridgehead atoms. The van der Waals surface area contributed by atoms with Gasteiger partial charge in [0.1, 0.15) is 5.75 Å². The van der Waals surface area contributed by atoms with E-state index in [1.54, 1.807) is 18.2 Å². The minimum absolute atomic E-state index is 0.0130. The first-order valence-electron chi connectivity index (χ1n) is 7.71. The standard InChI is InChI=1S/C21H18O2/c1-2-23-19-13-10-18(11-14-19)21(22)15-12-17-8-5-7-16-6-3-4-9-20(16)17/h3-15H,2H2,1H3. The molecule has 0 spiro atoms. The van der Waals surface area contributed by atoms with Gasteiger partial charge in [0.15, 0.2) is 5.78 Å². The fourth-order valence-corrected chi connectivity index (χ4v) is 2.54. The molecule has 114 valence electrons. The van der Waals surface area contributed by atoms with Crippen molar-refractivity contribution in [3.63, 3.8) is 0 Å². The highest BCUT2D eigenvalue weighted by Gasteiger charge is 2.03. The topological polar surface area (TPSA) is 26.3 Å². The zero-order valence-electron chi connectivity index (χ0n) is 13.0. The number of carbonyl (C=O) groups excluding carboxylic acids is 1. The fraction of sp³-hybridized carbons (Fsp3) is 0.0952. The van der Waals surface area contributed by atoms with Crippen LogP contribution in [0.15, 0.2) is 72.8 Å². The van der Waals surface area contributed by atoms with Crippen LogP contribution in [0.2, 0.25) is 0 Å². The molecule has 3 aromatic rings. The van der Waals surface area contributed by atoms with Crippen LogP contribution in [-0.2, 0) is 0 Å². The largest absolute Gasteiger partial charge is 0.494 e. The van der Waals surface area contributed by atoms with Crippen LogP contribution in [-0.4, -0.2) is 12.4 Å². The summed E-state index contributed by atoms with van der Waals surface area (Å²) in [5.74, 6) is 0.767. The van der Waals surface area contributed by atoms with Crippen molar-refractivity contribution in [2.75, 3.05) is 6.61 Å². The van der Waals surface area contributed by atoms with Gasteiger partial charge in [-0.1, -0.05) is 48.5 Å². The molecular formula is C21H18O2. The van der Waals surface area contributed by atoms with Crippen molar-refractivity contribution in [1.29, 1.82) is 0 Å². The number of hydrogen-bond acceptors (Lipinski definition) is 2. The molecule has 0 aromatic heterocycles. The lowest BCUT2D eigenvalue weighted by molar-refractivity contribution is 0.104. The van der Waals surface area contributed by atoms with Crippen LogP contribution in [0.25, 0.3) is 16.8 Å². The molecule has 0 unspecified atom stereocenters. The highest BCUT2D eigenvalue weighted by atomic mass is 16.5. The first-order chi connectivity index (χ1) is 11.3. The first-order valence-corrected chi connectivity index (χ1v) is 7.71. The summed E-state index contributed by atoms with van der Waals surface area (Å²) in [5.41, 5.74) is 1.70. The Morgan fingerprint density at radius 1 is 0.957 bits per heavy atom. The number of hydrogen-bond donors (Lipinski definition) is 0. The van der Waals surface area contributed by atoms with Crippen LogP contribution in [0.4, 0.5) is 0 Å². The van der Waals surface area contributed by atoms with E-state index in [0.717, 1.165) is 16.7 Å². The molecule has 0 aliphatic rings. The van der Waals surface area contributed by atoms with Crippen molar-refractivity contribution >= 4 is 22.6 Å². The number of fused-ring (bicyclic) bond motifs is 1. The number of allylic oxidation sites excluding steroid dienone is 1. The molecular weight excluding hydrogens is 284 g/mol. The van der Waals surface area contributed by atoms with Crippen LogP contribution in [0, 0.1) is 0 Å². The molecule has 0 aliphatic heterocycles. The molecule has 3 rings (SSSR count). The van der Waals surface area contributed by atoms with E-state index in [1.807, 2.05) is 49.4 Å². The molecule has 0 heterocycles. The maximum absolute atomic E-state index is 12.3. The molecule has 3 aromatic carbocycles. The Balaban J connectivity index is 1.82. The summed E-state index contributed by atoms with van der Waals surface area (Å²) in [6.45, 7) is 2.56. The molecule has 0 amide bonds. The van der Waals surface area contributed by atoms with E-state index in [0.29, 0.717) is 12.2 Å². The van der Waals surface area contributed by atoms with Crippen molar-refractivity contribution < 1.29 is 9.53 Å². The normalized spacial score (nSPS) is 11.0. The predicted octanol–water partition coefficient (Wildman–Crippen LogP) is 5.13. The van der Waals surface area contributed by atoms with Gasteiger partial charge in [0.2, 0.25) is 0 Å². The minimum atomic E-state index is -0.0130. The van der Waals surface area contributed by atoms with Crippen LogP contribution in [0.3, 0.4) is 0 Å². The Hall–Kier alpha value is -2.87. The van der Waals surface area contributed by atoms with E-state index in [2.05, 4.69) is 18.2 Å². The highest BCUT2D eigenvalue weighted by Crippen LogP contribution is 2.20. The van der Waals surface area contributed by atoms with Crippen LogP contribution >= 0.6 is 0 Å². The predicted molar refractivity (Wildman–Crippen MR) is 94.9 cm³/mol. The summed E-state index contributed by atoms with van der Waals surface area (Å²) in [4.78, 5) is 12.3. The van der Waals surface area contributed by atoms with Crippen molar-refractivity contribution in [2.45, 2.75) is 6.92 Å². The Morgan fingerprint density at radius 3 is 2.48 bits per heavy atom. The van der Waals surface area contributed by atoms with E-state index in [9.17, 15) is 4.79 Å². The molecule has 0 atom stereocenters. The van der Waals surface area contributed by atoms with Gasteiger partial charge < -0.3 is 4.74 Å². The SMILES string of the molecule is CCOc1ccc(C(=O)C=Cc2cccc3ccccc23)cc1. The van der Waals surface area contributed by atoms with E-state index < -0.39 is 0 Å². The summed E-state index contributed by atoms with van der Waals surface area (Å²) in [7, 11) is 0. The van der Waals surface area contributed by atoms with Gasteiger partial charge in [-0.25, -0.2) is 0 Å². The van der Waals surface area contributed by atoms with Gasteiger partial charge in [-0.05, 0) is 53.6 Å². The molecule has 0 N–H and O–H groups in total. The quantitative estimate of drug-likeness (QED) is 0.482. The van der Waals surface area contributed by atoms with Gasteiger partial charge in [-0.3, -0.25) is 4.79 Å². The smallest absolute Gasteiger partial charge is 0.185 e. The molecule has 0 saturated heterocycles. The fourth-order valence-electron chi connectivity index (χ4n) is 2.54. The van der Waals surface area contributed by atoms with Gasteiger partial charge in [0.05, 0.1) is 6.61 Å². The molecule has 0 aliphatic carbocycles. The lowest BCUT2D eigenvalue weighted by atomic mass is 10.0. The molecule has 0 radical (unpaired) electrons. The summed E-state index contributed by atoms with van der Waals surface area (Å²) in [6.07, 6.45) is 3.50. The third-order valence-corrected chi connectivity index (χ3v) is 3.69. The first kappa shape index (κ1) is 15.0. The Labute approximate surface area is 136 Å². The summed E-state index contributed by atoms with van der Waals surface area (Å²) in [5, 5.41) is 2.31. The second kappa shape index (κ2) is 6.93. The summed E-state index contributed by atoms with van der Waals surface area (Å²) < 4.78 is 5.39. The second-order valence-electron chi connectivity index (χ2n) is 5.22. The van der Waals surface area contributed by atoms with Crippen LogP contribution in [0.1, 0.15) is 22.8 Å². The molecule has 0 fully saturated rings. The van der Waals surface area contributed by atoms with Gasteiger partial charge in [-0.15, -0.1) is 0 Å². The van der Waals surface area contributed by atoms with Crippen LogP contribution in [0.5, 0.6) is 5.75 Å². The average molecular weight is 302 g/mol. The van der Waals surface area contributed by atoms with Gasteiger partial charge in [0, 0.05) is 5.56 Å². The zero-order valence-corrected chi connectivity index (χ0v) is 13.0. The Bertz CT molecular complexity index is 840. The lowest BCUT2D eigenvalue weighted by Crippen LogP contribution is -1.95. The highest BCUT2D eigenvalue weighted by molar-refractivity contribution is 6.07. The summed E-state index contributed by atoms with van der Waals surface area (Å²) >= 11 is 0. The second-order valence-corrected chi connectivity index (χ2v) is 5.22. The number of ether oxygens (including phenoxy) is 1. The van der Waals surface area contributed by atoms with Crippen molar-refractivity contribution in [3.8, 4) is 5.75 Å². The van der Waals surface area contributed by atoms with Crippen LogP contribution < -0.4 is 4.74 Å². The lowest BCUT2D eigenvalue weighted by Gasteiger charge is -2.03. The number of benzene rings is 3. The van der Waals surface area contributed by atoms with Crippen molar-refractivity contribution in [1.82, 2.24) is 0 Å². The maximum atomic E-state index is 12.3. The number of rotatable bonds is 5. The zero-order chi connectivity index (χ0) is 16.1. The van der Waals surface area contributed by atoms with Gasteiger partial charge in [-0.2, -0.15) is 0 Å². The number of ketones is 1. The van der Waals surface area contributed by atoms with Gasteiger partial charge >= 0.3 is 0 Å². The molecule has 2 heteroatoms. The Kier molecular flexibility index (Phi) is 4.53. The molecule has 0 saturated carbocycles. The third kappa shape index (κ3) is 3.49. The molecule has 23 heavy (non-hydrogen) atoms. The molecule has 2 nitrogen and oxygen atoms in total. The minimum Gasteiger partial charge on any atom is -0.494 e. The monoisotopic (exact) mass is 302 g/mol. The van der Waals surface area contributed by atoms with E-state index in [4.69, 9.17) is 4.74 Å². The van der Waals surface area contributed by atoms with Crippen molar-refractivity contribution in [3.05, 3.63) is 83.9 Å². The van der Waals surface area contributed by atoms with E-state index in [-0.39, 0.29) is 5.78 Å². The third-order valence-electron chi connectivity index (χ3n) is 3.69. The average Bonchev–Trinajstić information content (AvgIpc) is 2.60.